The molecule has 1 aromatic rings. The maximum Gasteiger partial charge on any atom is 0.272 e. The molecular weight excluding hydrogens is 208 g/mol. The molecule has 16 heavy (non-hydrogen) atoms. The molecule has 1 atom stereocenters. The number of aromatic nitrogens is 2. The zero-order chi connectivity index (χ0) is 11.5. The van der Waals surface area contributed by atoms with Gasteiger partial charge in [0.15, 0.2) is 0 Å². The van der Waals surface area contributed by atoms with E-state index < -0.39 is 0 Å². The zero-order valence-corrected chi connectivity index (χ0v) is 9.27. The highest BCUT2D eigenvalue weighted by atomic mass is 16.5. The summed E-state index contributed by atoms with van der Waals surface area (Å²) in [5.41, 5.74) is 5.92. The molecular formula is C10H16N4O2. The minimum atomic E-state index is -0.0562. The second-order valence-corrected chi connectivity index (χ2v) is 3.84. The first kappa shape index (κ1) is 10.9. The molecule has 0 aliphatic carbocycles. The van der Waals surface area contributed by atoms with Crippen molar-refractivity contribution in [2.45, 2.75) is 19.4 Å². The predicted octanol–water partition coefficient (Wildman–Crippen LogP) is 0.243. The summed E-state index contributed by atoms with van der Waals surface area (Å²) in [5.74, 6) is 0.281. The van der Waals surface area contributed by atoms with Gasteiger partial charge in [0.2, 0.25) is 0 Å². The topological polar surface area (TPSA) is 84.2 Å². The largest absolute Gasteiger partial charge is 0.382 e. The fourth-order valence-corrected chi connectivity index (χ4v) is 1.86. The highest BCUT2D eigenvalue weighted by Gasteiger charge is 2.27. The number of nitrogens with two attached hydrogens (primary N) is 1. The molecule has 6 nitrogen and oxygen atoms in total. The van der Waals surface area contributed by atoms with Crippen LogP contribution in [-0.2, 0) is 4.74 Å². The van der Waals surface area contributed by atoms with Crippen LogP contribution < -0.4 is 5.73 Å². The highest BCUT2D eigenvalue weighted by molar-refractivity contribution is 5.93. The summed E-state index contributed by atoms with van der Waals surface area (Å²) in [6.45, 7) is 3.86. The van der Waals surface area contributed by atoms with Crippen LogP contribution in [0.5, 0.6) is 0 Å². The first-order valence-corrected chi connectivity index (χ1v) is 5.42. The first-order chi connectivity index (χ1) is 7.72. The molecule has 1 unspecified atom stereocenters. The minimum Gasteiger partial charge on any atom is -0.382 e. The van der Waals surface area contributed by atoms with Gasteiger partial charge in [-0.3, -0.25) is 9.89 Å². The van der Waals surface area contributed by atoms with Crippen LogP contribution in [0.3, 0.4) is 0 Å². The lowest BCUT2D eigenvalue weighted by atomic mass is 10.1. The Morgan fingerprint density at radius 2 is 2.62 bits per heavy atom. The Hall–Kier alpha value is -1.56. The van der Waals surface area contributed by atoms with Crippen LogP contribution in [0.1, 0.15) is 23.8 Å². The van der Waals surface area contributed by atoms with E-state index >= 15 is 0 Å². The summed E-state index contributed by atoms with van der Waals surface area (Å²) < 4.78 is 5.35. The molecule has 1 aliphatic heterocycles. The van der Waals surface area contributed by atoms with Gasteiger partial charge in [-0.1, -0.05) is 6.92 Å². The average molecular weight is 224 g/mol. The van der Waals surface area contributed by atoms with Gasteiger partial charge < -0.3 is 15.4 Å². The lowest BCUT2D eigenvalue weighted by Crippen LogP contribution is -2.48. The van der Waals surface area contributed by atoms with E-state index in [0.29, 0.717) is 31.3 Å². The number of amides is 1. The van der Waals surface area contributed by atoms with Crippen LogP contribution in [0, 0.1) is 0 Å². The van der Waals surface area contributed by atoms with Crippen molar-refractivity contribution >= 4 is 11.7 Å². The van der Waals surface area contributed by atoms with Gasteiger partial charge in [-0.05, 0) is 6.42 Å². The van der Waals surface area contributed by atoms with Crippen molar-refractivity contribution in [1.82, 2.24) is 15.1 Å². The maximum absolute atomic E-state index is 12.1. The highest BCUT2D eigenvalue weighted by Crippen LogP contribution is 2.14. The Balaban J connectivity index is 2.13. The second-order valence-electron chi connectivity index (χ2n) is 3.84. The molecule has 0 saturated carbocycles. The Bertz CT molecular complexity index is 377. The van der Waals surface area contributed by atoms with Crippen LogP contribution in [0.2, 0.25) is 0 Å². The lowest BCUT2D eigenvalue weighted by molar-refractivity contribution is -0.00310. The zero-order valence-electron chi connectivity index (χ0n) is 9.27. The SMILES string of the molecule is CCC1COCCN1C(=O)c1cc(N)n[nH]1. The van der Waals surface area contributed by atoms with Crippen LogP contribution in [0.15, 0.2) is 6.07 Å². The van der Waals surface area contributed by atoms with Gasteiger partial charge in [0.05, 0.1) is 19.3 Å². The number of rotatable bonds is 2. The minimum absolute atomic E-state index is 0.0562. The molecule has 0 aromatic carbocycles. The van der Waals surface area contributed by atoms with Crippen LogP contribution in [0.25, 0.3) is 0 Å². The van der Waals surface area contributed by atoms with E-state index in [-0.39, 0.29) is 11.9 Å². The van der Waals surface area contributed by atoms with E-state index in [0.717, 1.165) is 6.42 Å². The van der Waals surface area contributed by atoms with Crippen LogP contribution >= 0.6 is 0 Å². The van der Waals surface area contributed by atoms with Gasteiger partial charge in [-0.25, -0.2) is 0 Å². The summed E-state index contributed by atoms with van der Waals surface area (Å²) in [7, 11) is 0. The molecule has 1 fully saturated rings. The Labute approximate surface area is 93.8 Å². The van der Waals surface area contributed by atoms with Crippen LogP contribution in [0.4, 0.5) is 5.82 Å². The van der Waals surface area contributed by atoms with Gasteiger partial charge in [0.1, 0.15) is 11.5 Å². The molecule has 1 saturated heterocycles. The summed E-state index contributed by atoms with van der Waals surface area (Å²) >= 11 is 0. The number of nitrogen functional groups attached to an aromatic ring is 1. The molecule has 2 rings (SSSR count). The molecule has 2 heterocycles. The number of hydrogen-bond donors (Lipinski definition) is 2. The van der Waals surface area contributed by atoms with Gasteiger partial charge in [0.25, 0.3) is 5.91 Å². The number of hydrogen-bond acceptors (Lipinski definition) is 4. The average Bonchev–Trinajstić information content (AvgIpc) is 2.75. The van der Waals surface area contributed by atoms with Crippen LogP contribution in [-0.4, -0.2) is 46.8 Å². The molecule has 1 amide bonds. The molecule has 1 aromatic heterocycles. The third-order valence-electron chi connectivity index (χ3n) is 2.79. The summed E-state index contributed by atoms with van der Waals surface area (Å²) in [6.07, 6.45) is 0.884. The normalized spacial score (nSPS) is 21.1. The number of carbonyl (C=O) groups is 1. The summed E-state index contributed by atoms with van der Waals surface area (Å²) in [5, 5.41) is 6.40. The van der Waals surface area contributed by atoms with Gasteiger partial charge >= 0.3 is 0 Å². The number of aromatic amines is 1. The summed E-state index contributed by atoms with van der Waals surface area (Å²) in [6, 6.07) is 1.70. The molecule has 3 N–H and O–H groups in total. The lowest BCUT2D eigenvalue weighted by Gasteiger charge is -2.34. The molecule has 1 aliphatic rings. The first-order valence-electron chi connectivity index (χ1n) is 5.42. The molecule has 88 valence electrons. The predicted molar refractivity (Wildman–Crippen MR) is 58.9 cm³/mol. The van der Waals surface area contributed by atoms with Crippen molar-refractivity contribution in [2.75, 3.05) is 25.5 Å². The number of H-pyrrole nitrogens is 1. The number of morpholine rings is 1. The number of ether oxygens (including phenoxy) is 1. The number of anilines is 1. The van der Waals surface area contributed by atoms with E-state index in [9.17, 15) is 4.79 Å². The van der Waals surface area contributed by atoms with Crippen molar-refractivity contribution in [2.24, 2.45) is 0 Å². The van der Waals surface area contributed by atoms with Gasteiger partial charge in [0, 0.05) is 12.6 Å². The van der Waals surface area contributed by atoms with Crippen molar-refractivity contribution in [3.05, 3.63) is 11.8 Å². The van der Waals surface area contributed by atoms with E-state index in [1.165, 1.54) is 0 Å². The third-order valence-corrected chi connectivity index (χ3v) is 2.79. The maximum atomic E-state index is 12.1. The van der Waals surface area contributed by atoms with E-state index in [1.807, 2.05) is 11.8 Å². The van der Waals surface area contributed by atoms with E-state index in [4.69, 9.17) is 10.5 Å². The molecule has 6 heteroatoms. The molecule has 0 radical (unpaired) electrons. The Morgan fingerprint density at radius 3 is 3.25 bits per heavy atom. The van der Waals surface area contributed by atoms with E-state index in [1.54, 1.807) is 6.07 Å². The van der Waals surface area contributed by atoms with Gasteiger partial charge in [-0.15, -0.1) is 0 Å². The Morgan fingerprint density at radius 1 is 1.81 bits per heavy atom. The number of nitrogens with one attached hydrogen (secondary N) is 1. The molecule has 0 spiro atoms. The van der Waals surface area contributed by atoms with Crippen molar-refractivity contribution in [3.8, 4) is 0 Å². The van der Waals surface area contributed by atoms with Crippen molar-refractivity contribution in [1.29, 1.82) is 0 Å². The van der Waals surface area contributed by atoms with Crippen molar-refractivity contribution < 1.29 is 9.53 Å². The quantitative estimate of drug-likeness (QED) is 0.753. The number of nitrogens with zero attached hydrogens (tertiary/aromatic N) is 2. The Kier molecular flexibility index (Phi) is 3.09. The van der Waals surface area contributed by atoms with Crippen molar-refractivity contribution in [3.63, 3.8) is 0 Å². The third kappa shape index (κ3) is 2.01. The fourth-order valence-electron chi connectivity index (χ4n) is 1.86. The monoisotopic (exact) mass is 224 g/mol. The van der Waals surface area contributed by atoms with E-state index in [2.05, 4.69) is 10.2 Å². The summed E-state index contributed by atoms with van der Waals surface area (Å²) in [4.78, 5) is 13.9. The smallest absolute Gasteiger partial charge is 0.272 e. The number of carbonyl (C=O) groups excluding carboxylic acids is 1. The molecule has 0 bridgehead atoms. The van der Waals surface area contributed by atoms with Gasteiger partial charge in [-0.2, -0.15) is 5.10 Å². The fraction of sp³-hybridized carbons (Fsp3) is 0.600. The standard InChI is InChI=1S/C10H16N4O2/c1-2-7-6-16-4-3-14(7)10(15)8-5-9(11)13-12-8/h5,7H,2-4,6H2,1H3,(H3,11,12,13). The second kappa shape index (κ2) is 4.52.